The lowest BCUT2D eigenvalue weighted by atomic mass is 9.94. The van der Waals surface area contributed by atoms with Crippen molar-refractivity contribution in [2.24, 2.45) is 0 Å². The molecule has 0 atom stereocenters. The first-order valence-corrected chi connectivity index (χ1v) is 7.52. The zero-order valence-electron chi connectivity index (χ0n) is 11.0. The summed E-state index contributed by atoms with van der Waals surface area (Å²) in [5.41, 5.74) is 0.443. The number of pyridine rings is 1. The minimum absolute atomic E-state index is 0.0384. The molecule has 0 N–H and O–H groups in total. The Morgan fingerprint density at radius 2 is 2.00 bits per heavy atom. The van der Waals surface area contributed by atoms with Crippen LogP contribution in [0.15, 0.2) is 12.1 Å². The van der Waals surface area contributed by atoms with E-state index in [1.807, 2.05) is 11.8 Å². The van der Waals surface area contributed by atoms with Gasteiger partial charge in [0.1, 0.15) is 10.3 Å². The fourth-order valence-corrected chi connectivity index (χ4v) is 3.11. The van der Waals surface area contributed by atoms with Crippen LogP contribution in [-0.4, -0.2) is 28.4 Å². The second-order valence-electron chi connectivity index (χ2n) is 4.86. The second kappa shape index (κ2) is 6.58. The highest BCUT2D eigenvalue weighted by Crippen LogP contribution is 2.25. The number of nitrogens with zero attached hydrogens (tertiary/aromatic N) is 2. The largest absolute Gasteiger partial charge is 0.336 e. The molecule has 19 heavy (non-hydrogen) atoms. The number of halogens is 2. The Morgan fingerprint density at radius 3 is 2.58 bits per heavy atom. The summed E-state index contributed by atoms with van der Waals surface area (Å²) in [4.78, 5) is 18.4. The molecule has 1 fully saturated rings. The van der Waals surface area contributed by atoms with Crippen LogP contribution in [0.25, 0.3) is 0 Å². The van der Waals surface area contributed by atoms with Crippen molar-refractivity contribution in [2.45, 2.75) is 45.1 Å². The average molecular weight is 301 g/mol. The fraction of sp³-hybridized carbons (Fsp3) is 0.571. The third kappa shape index (κ3) is 3.40. The van der Waals surface area contributed by atoms with Crippen LogP contribution in [0.1, 0.15) is 49.4 Å². The van der Waals surface area contributed by atoms with E-state index in [1.54, 1.807) is 12.1 Å². The predicted octanol–water partition coefficient (Wildman–Crippen LogP) is 4.18. The van der Waals surface area contributed by atoms with Crippen LogP contribution in [0.4, 0.5) is 0 Å². The zero-order chi connectivity index (χ0) is 13.8. The van der Waals surface area contributed by atoms with Crippen molar-refractivity contribution < 1.29 is 4.79 Å². The topological polar surface area (TPSA) is 33.2 Å². The first-order chi connectivity index (χ1) is 9.13. The Balaban J connectivity index is 2.19. The molecule has 5 heteroatoms. The van der Waals surface area contributed by atoms with Gasteiger partial charge >= 0.3 is 0 Å². The summed E-state index contributed by atoms with van der Waals surface area (Å²) in [5.74, 6) is -0.0384. The minimum Gasteiger partial charge on any atom is -0.336 e. The van der Waals surface area contributed by atoms with E-state index in [0.717, 1.165) is 12.8 Å². The van der Waals surface area contributed by atoms with Crippen LogP contribution < -0.4 is 0 Å². The molecule has 0 unspecified atom stereocenters. The van der Waals surface area contributed by atoms with E-state index in [9.17, 15) is 4.79 Å². The van der Waals surface area contributed by atoms with Crippen molar-refractivity contribution in [3.05, 3.63) is 28.0 Å². The van der Waals surface area contributed by atoms with E-state index < -0.39 is 0 Å². The van der Waals surface area contributed by atoms with Crippen LogP contribution >= 0.6 is 23.2 Å². The molecule has 0 aromatic carbocycles. The summed E-state index contributed by atoms with van der Waals surface area (Å²) >= 11 is 11.8. The van der Waals surface area contributed by atoms with Crippen LogP contribution in [-0.2, 0) is 0 Å². The molecule has 1 aliphatic carbocycles. The first-order valence-electron chi connectivity index (χ1n) is 6.76. The smallest absolute Gasteiger partial charge is 0.257 e. The quantitative estimate of drug-likeness (QED) is 0.785. The first kappa shape index (κ1) is 14.6. The Hall–Kier alpha value is -0.800. The fourth-order valence-electron chi connectivity index (χ4n) is 2.69. The number of carbonyl (C=O) groups excluding carboxylic acids is 1. The lowest BCUT2D eigenvalue weighted by Crippen LogP contribution is -2.41. The highest BCUT2D eigenvalue weighted by atomic mass is 35.5. The SMILES string of the molecule is CCN(C(=O)c1ccc(Cl)nc1Cl)C1CCCCC1. The molecule has 104 valence electrons. The van der Waals surface area contributed by atoms with Gasteiger partial charge in [0.2, 0.25) is 0 Å². The van der Waals surface area contributed by atoms with Crippen molar-refractivity contribution in [1.29, 1.82) is 0 Å². The molecule has 0 radical (unpaired) electrons. The summed E-state index contributed by atoms with van der Waals surface area (Å²) in [6, 6.07) is 3.60. The molecule has 1 heterocycles. The predicted molar refractivity (Wildman–Crippen MR) is 77.8 cm³/mol. The van der Waals surface area contributed by atoms with Crippen LogP contribution in [0, 0.1) is 0 Å². The number of rotatable bonds is 3. The molecule has 1 aromatic heterocycles. The standard InChI is InChI=1S/C14H18Cl2N2O/c1-2-18(10-6-4-3-5-7-10)14(19)11-8-9-12(15)17-13(11)16/h8-10H,2-7H2,1H3. The van der Waals surface area contributed by atoms with Gasteiger partial charge in [-0.2, -0.15) is 0 Å². The van der Waals surface area contributed by atoms with E-state index in [1.165, 1.54) is 19.3 Å². The van der Waals surface area contributed by atoms with Gasteiger partial charge in [0.15, 0.2) is 0 Å². The van der Waals surface area contributed by atoms with Crippen LogP contribution in [0.3, 0.4) is 0 Å². The van der Waals surface area contributed by atoms with E-state index in [0.29, 0.717) is 23.3 Å². The number of hydrogen-bond donors (Lipinski definition) is 0. The van der Waals surface area contributed by atoms with Gasteiger partial charge in [-0.1, -0.05) is 42.5 Å². The van der Waals surface area contributed by atoms with Gasteiger partial charge in [0.25, 0.3) is 5.91 Å². The normalized spacial score (nSPS) is 16.4. The molecule has 1 amide bonds. The highest BCUT2D eigenvalue weighted by molar-refractivity contribution is 6.34. The van der Waals surface area contributed by atoms with Crippen molar-refractivity contribution >= 4 is 29.1 Å². The maximum atomic E-state index is 12.6. The van der Waals surface area contributed by atoms with Crippen LogP contribution in [0.5, 0.6) is 0 Å². The van der Waals surface area contributed by atoms with Gasteiger partial charge in [-0.15, -0.1) is 0 Å². The van der Waals surface area contributed by atoms with Gasteiger partial charge in [-0.25, -0.2) is 4.98 Å². The van der Waals surface area contributed by atoms with Crippen molar-refractivity contribution in [2.75, 3.05) is 6.54 Å². The Kier molecular flexibility index (Phi) is 5.06. The summed E-state index contributed by atoms with van der Waals surface area (Å²) in [6.07, 6.45) is 5.82. The van der Waals surface area contributed by atoms with Crippen molar-refractivity contribution in [3.63, 3.8) is 0 Å². The lowest BCUT2D eigenvalue weighted by molar-refractivity contribution is 0.0647. The average Bonchev–Trinajstić information content (AvgIpc) is 2.40. The number of amides is 1. The molecular weight excluding hydrogens is 283 g/mol. The zero-order valence-corrected chi connectivity index (χ0v) is 12.5. The Bertz CT molecular complexity index is 459. The van der Waals surface area contributed by atoms with E-state index in [-0.39, 0.29) is 11.1 Å². The number of carbonyl (C=O) groups is 1. The van der Waals surface area contributed by atoms with E-state index >= 15 is 0 Å². The van der Waals surface area contributed by atoms with Crippen molar-refractivity contribution in [1.82, 2.24) is 9.88 Å². The molecule has 0 bridgehead atoms. The van der Waals surface area contributed by atoms with Crippen molar-refractivity contribution in [3.8, 4) is 0 Å². The molecular formula is C14H18Cl2N2O. The molecule has 1 saturated carbocycles. The minimum atomic E-state index is -0.0384. The maximum absolute atomic E-state index is 12.6. The molecule has 1 aromatic rings. The summed E-state index contributed by atoms with van der Waals surface area (Å²) in [5, 5.41) is 0.494. The molecule has 2 rings (SSSR count). The number of hydrogen-bond acceptors (Lipinski definition) is 2. The summed E-state index contributed by atoms with van der Waals surface area (Å²) in [6.45, 7) is 2.70. The van der Waals surface area contributed by atoms with Gasteiger partial charge in [-0.3, -0.25) is 4.79 Å². The highest BCUT2D eigenvalue weighted by Gasteiger charge is 2.26. The Labute approximate surface area is 123 Å². The van der Waals surface area contributed by atoms with Gasteiger partial charge in [0.05, 0.1) is 5.56 Å². The third-order valence-corrected chi connectivity index (χ3v) is 4.16. The molecule has 0 spiro atoms. The second-order valence-corrected chi connectivity index (χ2v) is 5.60. The third-order valence-electron chi connectivity index (χ3n) is 3.66. The van der Waals surface area contributed by atoms with E-state index in [4.69, 9.17) is 23.2 Å². The monoisotopic (exact) mass is 300 g/mol. The van der Waals surface area contributed by atoms with Gasteiger partial charge in [0, 0.05) is 12.6 Å². The molecule has 3 nitrogen and oxygen atoms in total. The molecule has 0 saturated heterocycles. The van der Waals surface area contributed by atoms with Gasteiger partial charge < -0.3 is 4.90 Å². The Morgan fingerprint density at radius 1 is 1.32 bits per heavy atom. The lowest BCUT2D eigenvalue weighted by Gasteiger charge is -2.33. The van der Waals surface area contributed by atoms with E-state index in [2.05, 4.69) is 4.98 Å². The summed E-state index contributed by atoms with van der Waals surface area (Å²) in [7, 11) is 0. The van der Waals surface area contributed by atoms with Crippen LogP contribution in [0.2, 0.25) is 10.3 Å². The summed E-state index contributed by atoms with van der Waals surface area (Å²) < 4.78 is 0. The van der Waals surface area contributed by atoms with Gasteiger partial charge in [-0.05, 0) is 31.9 Å². The molecule has 0 aliphatic heterocycles. The maximum Gasteiger partial charge on any atom is 0.257 e. The number of aromatic nitrogens is 1. The molecule has 1 aliphatic rings.